The highest BCUT2D eigenvalue weighted by molar-refractivity contribution is 5.63. The molecule has 0 aliphatic rings. The summed E-state index contributed by atoms with van der Waals surface area (Å²) in [6.07, 6.45) is 0.310. The standard InChI is InChI=1S/C2H5NO2.C2H3NO/c1-3-2(4)5;1-3-2-4/h3H,1H3,(H,4,5);1H3. The van der Waals surface area contributed by atoms with Gasteiger partial charge < -0.3 is 10.4 Å². The number of hydrogen-bond acceptors (Lipinski definition) is 3. The summed E-state index contributed by atoms with van der Waals surface area (Å²) in [4.78, 5) is 21.1. The topological polar surface area (TPSA) is 78.8 Å². The van der Waals surface area contributed by atoms with E-state index in [-0.39, 0.29) is 0 Å². The molecule has 0 spiro atoms. The van der Waals surface area contributed by atoms with Gasteiger partial charge in [0.25, 0.3) is 0 Å². The number of amides is 1. The van der Waals surface area contributed by atoms with Crippen LogP contribution in [0.25, 0.3) is 0 Å². The van der Waals surface area contributed by atoms with Crippen molar-refractivity contribution in [2.75, 3.05) is 14.1 Å². The monoisotopic (exact) mass is 132 g/mol. The number of rotatable bonds is 0. The first-order valence-corrected chi connectivity index (χ1v) is 2.05. The van der Waals surface area contributed by atoms with Crippen LogP contribution >= 0.6 is 0 Å². The van der Waals surface area contributed by atoms with Crippen LogP contribution in [0, 0.1) is 0 Å². The van der Waals surface area contributed by atoms with Crippen LogP contribution in [-0.4, -0.2) is 31.4 Å². The maximum absolute atomic E-state index is 9.26. The van der Waals surface area contributed by atoms with Crippen molar-refractivity contribution in [3.8, 4) is 0 Å². The van der Waals surface area contributed by atoms with Gasteiger partial charge in [-0.2, -0.15) is 0 Å². The molecule has 0 bridgehead atoms. The van der Waals surface area contributed by atoms with Crippen LogP contribution in [0.4, 0.5) is 4.79 Å². The highest BCUT2D eigenvalue weighted by Gasteiger charge is 1.76. The molecule has 5 heteroatoms. The van der Waals surface area contributed by atoms with Gasteiger partial charge in [0.1, 0.15) is 0 Å². The van der Waals surface area contributed by atoms with Crippen molar-refractivity contribution >= 4 is 12.2 Å². The number of carbonyl (C=O) groups is 1. The molecule has 5 nitrogen and oxygen atoms in total. The van der Waals surface area contributed by atoms with Crippen LogP contribution in [0.15, 0.2) is 4.99 Å². The van der Waals surface area contributed by atoms with Gasteiger partial charge in [0.2, 0.25) is 6.08 Å². The number of aliphatic imine (C=N–C) groups is 1. The van der Waals surface area contributed by atoms with Crippen molar-refractivity contribution in [3.63, 3.8) is 0 Å². The van der Waals surface area contributed by atoms with Gasteiger partial charge in [0, 0.05) is 14.1 Å². The molecular formula is C4H8N2O3. The first kappa shape index (κ1) is 10.6. The van der Waals surface area contributed by atoms with Crippen LogP contribution in [-0.2, 0) is 4.79 Å². The first-order valence-electron chi connectivity index (χ1n) is 2.05. The average molecular weight is 132 g/mol. The normalized spacial score (nSPS) is 5.56. The fourth-order valence-electron chi connectivity index (χ4n) is 0. The second-order valence-electron chi connectivity index (χ2n) is 0.870. The van der Waals surface area contributed by atoms with Gasteiger partial charge in [-0.25, -0.2) is 14.6 Å². The Balaban J connectivity index is 0. The third-order valence-electron chi connectivity index (χ3n) is 0.305. The van der Waals surface area contributed by atoms with E-state index in [0.717, 1.165) is 0 Å². The van der Waals surface area contributed by atoms with Gasteiger partial charge in [-0.15, -0.1) is 0 Å². The van der Waals surface area contributed by atoms with Crippen LogP contribution in [0.2, 0.25) is 0 Å². The molecule has 0 saturated heterocycles. The van der Waals surface area contributed by atoms with Crippen molar-refractivity contribution in [1.29, 1.82) is 0 Å². The number of carbonyl (C=O) groups excluding carboxylic acids is 1. The molecule has 0 aromatic heterocycles. The third kappa shape index (κ3) is 52.8. The maximum Gasteiger partial charge on any atom is 0.404 e. The van der Waals surface area contributed by atoms with E-state index in [1.54, 1.807) is 0 Å². The summed E-state index contributed by atoms with van der Waals surface area (Å²) < 4.78 is 0. The Morgan fingerprint density at radius 1 is 1.78 bits per heavy atom. The molecule has 9 heavy (non-hydrogen) atoms. The number of nitrogens with zero attached hydrogens (tertiary/aromatic N) is 1. The summed E-state index contributed by atoms with van der Waals surface area (Å²) in [5, 5.41) is 9.56. The molecular weight excluding hydrogens is 124 g/mol. The predicted molar refractivity (Wildman–Crippen MR) is 31.1 cm³/mol. The van der Waals surface area contributed by atoms with Crippen molar-refractivity contribution in [2.45, 2.75) is 0 Å². The second-order valence-corrected chi connectivity index (χ2v) is 0.870. The minimum absolute atomic E-state index is 0.995. The predicted octanol–water partition coefficient (Wildman–Crippen LogP) is -0.164. The average Bonchev–Trinajstić information content (AvgIpc) is 1.89. The number of carboxylic acid groups (broad SMARTS) is 1. The Morgan fingerprint density at radius 2 is 2.00 bits per heavy atom. The lowest BCUT2D eigenvalue weighted by Gasteiger charge is -1.78. The van der Waals surface area contributed by atoms with Crippen molar-refractivity contribution < 1.29 is 14.7 Å². The number of isocyanates is 1. The molecule has 0 heterocycles. The zero-order chi connectivity index (χ0) is 7.70. The maximum atomic E-state index is 9.26. The van der Waals surface area contributed by atoms with E-state index in [4.69, 9.17) is 9.90 Å². The zero-order valence-electron chi connectivity index (χ0n) is 5.21. The summed E-state index contributed by atoms with van der Waals surface area (Å²) in [5.41, 5.74) is 0. The lowest BCUT2D eigenvalue weighted by Crippen LogP contribution is -2.13. The fraction of sp³-hybridized carbons (Fsp3) is 0.500. The van der Waals surface area contributed by atoms with Crippen molar-refractivity contribution in [3.05, 3.63) is 0 Å². The molecule has 2 N–H and O–H groups in total. The molecule has 0 atom stereocenters. The quantitative estimate of drug-likeness (QED) is 0.355. The lowest BCUT2D eigenvalue weighted by atomic mass is 11.1. The van der Waals surface area contributed by atoms with E-state index in [9.17, 15) is 4.79 Å². The number of nitrogens with one attached hydrogen (secondary N) is 1. The molecule has 0 saturated carbocycles. The van der Waals surface area contributed by atoms with Gasteiger partial charge >= 0.3 is 6.09 Å². The van der Waals surface area contributed by atoms with E-state index in [1.165, 1.54) is 20.2 Å². The second kappa shape index (κ2) is 9.82. The van der Waals surface area contributed by atoms with Crippen molar-refractivity contribution in [2.24, 2.45) is 4.99 Å². The van der Waals surface area contributed by atoms with E-state index >= 15 is 0 Å². The first-order chi connectivity index (χ1) is 4.18. The molecule has 0 fully saturated rings. The Kier molecular flexibility index (Phi) is 11.6. The van der Waals surface area contributed by atoms with Gasteiger partial charge in [0.15, 0.2) is 0 Å². The van der Waals surface area contributed by atoms with Gasteiger partial charge in [-0.3, -0.25) is 0 Å². The van der Waals surface area contributed by atoms with E-state index < -0.39 is 6.09 Å². The zero-order valence-corrected chi connectivity index (χ0v) is 5.21. The van der Waals surface area contributed by atoms with Gasteiger partial charge in [-0.1, -0.05) is 0 Å². The summed E-state index contributed by atoms with van der Waals surface area (Å²) >= 11 is 0. The lowest BCUT2D eigenvalue weighted by molar-refractivity contribution is 0.197. The van der Waals surface area contributed by atoms with E-state index in [1.807, 2.05) is 5.32 Å². The minimum Gasteiger partial charge on any atom is -0.465 e. The molecule has 0 unspecified atom stereocenters. The van der Waals surface area contributed by atoms with E-state index in [0.29, 0.717) is 0 Å². The van der Waals surface area contributed by atoms with Crippen LogP contribution in [0.5, 0.6) is 0 Å². The largest absolute Gasteiger partial charge is 0.465 e. The number of hydrogen-bond donors (Lipinski definition) is 2. The van der Waals surface area contributed by atoms with Gasteiger partial charge in [0.05, 0.1) is 0 Å². The molecule has 0 aliphatic carbocycles. The highest BCUT2D eigenvalue weighted by atomic mass is 16.4. The van der Waals surface area contributed by atoms with Gasteiger partial charge in [-0.05, 0) is 0 Å². The molecule has 0 aromatic carbocycles. The SMILES string of the molecule is CN=C=O.CNC(=O)O. The Labute approximate surface area is 52.4 Å². The minimum atomic E-state index is -0.995. The molecule has 0 aromatic rings. The Bertz CT molecular complexity index is 117. The molecule has 1 amide bonds. The summed E-state index contributed by atoms with van der Waals surface area (Å²) in [7, 11) is 2.73. The highest BCUT2D eigenvalue weighted by Crippen LogP contribution is 1.45. The summed E-state index contributed by atoms with van der Waals surface area (Å²) in [6.45, 7) is 0. The summed E-state index contributed by atoms with van der Waals surface area (Å²) in [5.74, 6) is 0. The summed E-state index contributed by atoms with van der Waals surface area (Å²) in [6, 6.07) is 0. The fourth-order valence-corrected chi connectivity index (χ4v) is 0. The van der Waals surface area contributed by atoms with E-state index in [2.05, 4.69) is 4.99 Å². The Morgan fingerprint density at radius 3 is 2.00 bits per heavy atom. The van der Waals surface area contributed by atoms with Crippen molar-refractivity contribution in [1.82, 2.24) is 5.32 Å². The third-order valence-corrected chi connectivity index (χ3v) is 0.305. The van der Waals surface area contributed by atoms with Crippen LogP contribution < -0.4 is 5.32 Å². The van der Waals surface area contributed by atoms with Crippen LogP contribution in [0.1, 0.15) is 0 Å². The van der Waals surface area contributed by atoms with Crippen LogP contribution in [0.3, 0.4) is 0 Å². The molecule has 0 rings (SSSR count). The molecule has 0 aliphatic heterocycles. The Hall–Kier alpha value is -1.35. The molecule has 52 valence electrons. The molecule has 0 radical (unpaired) electrons. The smallest absolute Gasteiger partial charge is 0.404 e.